The lowest BCUT2D eigenvalue weighted by molar-refractivity contribution is -0.0554. The van der Waals surface area contributed by atoms with E-state index in [0.29, 0.717) is 12.1 Å². The summed E-state index contributed by atoms with van der Waals surface area (Å²) in [6.45, 7) is 11.2. The molecule has 2 heterocycles. The fraction of sp³-hybridized carbons (Fsp3) is 0.786. The summed E-state index contributed by atoms with van der Waals surface area (Å²) in [7, 11) is 0. The van der Waals surface area contributed by atoms with E-state index in [2.05, 4.69) is 38.1 Å². The van der Waals surface area contributed by atoms with E-state index in [-0.39, 0.29) is 5.60 Å². The Morgan fingerprint density at radius 2 is 2.16 bits per heavy atom. The van der Waals surface area contributed by atoms with E-state index in [1.807, 2.05) is 11.6 Å². The van der Waals surface area contributed by atoms with Crippen LogP contribution in [0.2, 0.25) is 0 Å². The van der Waals surface area contributed by atoms with E-state index in [1.54, 1.807) is 0 Å². The van der Waals surface area contributed by atoms with Crippen LogP contribution in [0.5, 0.6) is 0 Å². The van der Waals surface area contributed by atoms with Crippen LogP contribution in [0.3, 0.4) is 0 Å². The Morgan fingerprint density at radius 1 is 1.47 bits per heavy atom. The van der Waals surface area contributed by atoms with Crippen LogP contribution in [-0.4, -0.2) is 28.0 Å². The normalized spacial score (nSPS) is 22.7. The van der Waals surface area contributed by atoms with Crippen molar-refractivity contribution in [2.45, 2.75) is 65.1 Å². The van der Waals surface area contributed by atoms with Gasteiger partial charge in [-0.1, -0.05) is 0 Å². The van der Waals surface area contributed by atoms with Crippen molar-refractivity contribution in [3.05, 3.63) is 5.69 Å². The number of aryl methyl sites for hydroxylation is 1. The molecule has 1 aliphatic rings. The monoisotopic (exact) mass is 266 g/mol. The first-order valence-corrected chi connectivity index (χ1v) is 7.05. The van der Waals surface area contributed by atoms with Gasteiger partial charge in [0.25, 0.3) is 0 Å². The third-order valence-corrected chi connectivity index (χ3v) is 3.66. The number of nitrogens with zero attached hydrogens (tertiary/aromatic N) is 2. The van der Waals surface area contributed by atoms with Crippen molar-refractivity contribution in [1.82, 2.24) is 9.78 Å². The lowest BCUT2D eigenvalue weighted by Gasteiger charge is -2.36. The van der Waals surface area contributed by atoms with Gasteiger partial charge in [0.1, 0.15) is 5.82 Å². The molecule has 2 rings (SSSR count). The Bertz CT molecular complexity index is 451. The molecule has 19 heavy (non-hydrogen) atoms. The van der Waals surface area contributed by atoms with Gasteiger partial charge in [-0.15, -0.1) is 0 Å². The fourth-order valence-corrected chi connectivity index (χ4v) is 2.63. The van der Waals surface area contributed by atoms with Crippen molar-refractivity contribution in [1.29, 1.82) is 0 Å². The quantitative estimate of drug-likeness (QED) is 0.883. The molecular weight excluding hydrogens is 240 g/mol. The standard InChI is InChI=1S/C14H26N4O/c1-9(2)18-13(12(15)10(3)17-18)16-11-6-7-19-14(4,5)8-11/h9,11,16H,6-8,15H2,1-5H3. The van der Waals surface area contributed by atoms with Gasteiger partial charge >= 0.3 is 0 Å². The second-order valence-electron chi connectivity index (χ2n) is 6.33. The van der Waals surface area contributed by atoms with Crippen LogP contribution in [0.25, 0.3) is 0 Å². The second-order valence-corrected chi connectivity index (χ2v) is 6.33. The lowest BCUT2D eigenvalue weighted by atomic mass is 9.94. The van der Waals surface area contributed by atoms with Crippen molar-refractivity contribution in [2.24, 2.45) is 0 Å². The zero-order valence-electron chi connectivity index (χ0n) is 12.7. The molecule has 0 spiro atoms. The number of nitrogens with two attached hydrogens (primary N) is 1. The minimum Gasteiger partial charge on any atom is -0.394 e. The molecule has 1 fully saturated rings. The van der Waals surface area contributed by atoms with Crippen LogP contribution in [0.15, 0.2) is 0 Å². The number of ether oxygens (including phenoxy) is 1. The number of hydrogen-bond acceptors (Lipinski definition) is 4. The highest BCUT2D eigenvalue weighted by Crippen LogP contribution is 2.30. The van der Waals surface area contributed by atoms with Crippen molar-refractivity contribution in [3.8, 4) is 0 Å². The number of nitrogen functional groups attached to an aromatic ring is 1. The highest BCUT2D eigenvalue weighted by atomic mass is 16.5. The summed E-state index contributed by atoms with van der Waals surface area (Å²) in [6, 6.07) is 0.686. The van der Waals surface area contributed by atoms with Gasteiger partial charge in [0.2, 0.25) is 0 Å². The van der Waals surface area contributed by atoms with Crippen molar-refractivity contribution in [3.63, 3.8) is 0 Å². The van der Waals surface area contributed by atoms with E-state index in [1.165, 1.54) is 0 Å². The molecular formula is C14H26N4O. The Balaban J connectivity index is 2.19. The molecule has 3 N–H and O–H groups in total. The molecule has 1 saturated heterocycles. The van der Waals surface area contributed by atoms with Crippen LogP contribution >= 0.6 is 0 Å². The maximum Gasteiger partial charge on any atom is 0.148 e. The van der Waals surface area contributed by atoms with Crippen molar-refractivity contribution >= 4 is 11.5 Å². The molecule has 0 saturated carbocycles. The van der Waals surface area contributed by atoms with Gasteiger partial charge in [-0.25, -0.2) is 4.68 Å². The van der Waals surface area contributed by atoms with Gasteiger partial charge < -0.3 is 15.8 Å². The highest BCUT2D eigenvalue weighted by Gasteiger charge is 2.30. The molecule has 1 unspecified atom stereocenters. The average molecular weight is 266 g/mol. The lowest BCUT2D eigenvalue weighted by Crippen LogP contribution is -2.40. The predicted molar refractivity (Wildman–Crippen MR) is 78.4 cm³/mol. The molecule has 5 nitrogen and oxygen atoms in total. The molecule has 1 aliphatic heterocycles. The molecule has 1 aromatic heterocycles. The zero-order valence-corrected chi connectivity index (χ0v) is 12.7. The number of nitrogens with one attached hydrogen (secondary N) is 1. The summed E-state index contributed by atoms with van der Waals surface area (Å²) >= 11 is 0. The topological polar surface area (TPSA) is 65.1 Å². The molecule has 108 valence electrons. The smallest absolute Gasteiger partial charge is 0.148 e. The predicted octanol–water partition coefficient (Wildman–Crippen LogP) is 2.72. The first kappa shape index (κ1) is 14.2. The Labute approximate surface area is 115 Å². The summed E-state index contributed by atoms with van der Waals surface area (Å²) in [5, 5.41) is 8.08. The molecule has 1 atom stereocenters. The molecule has 5 heteroatoms. The Kier molecular flexibility index (Phi) is 3.76. The number of hydrogen-bond donors (Lipinski definition) is 2. The van der Waals surface area contributed by atoms with Crippen molar-refractivity contribution in [2.75, 3.05) is 17.7 Å². The van der Waals surface area contributed by atoms with Gasteiger partial charge in [0.05, 0.1) is 17.0 Å². The van der Waals surface area contributed by atoms with Crippen LogP contribution in [0.1, 0.15) is 52.3 Å². The molecule has 0 aromatic carbocycles. The summed E-state index contributed by atoms with van der Waals surface area (Å²) in [6.07, 6.45) is 1.99. The van der Waals surface area contributed by atoms with Gasteiger partial charge in [0, 0.05) is 18.7 Å². The van der Waals surface area contributed by atoms with E-state index in [0.717, 1.165) is 36.6 Å². The molecule has 0 radical (unpaired) electrons. The number of anilines is 2. The van der Waals surface area contributed by atoms with Crippen LogP contribution in [0.4, 0.5) is 11.5 Å². The maximum absolute atomic E-state index is 6.15. The third kappa shape index (κ3) is 3.03. The first-order valence-electron chi connectivity index (χ1n) is 7.05. The second kappa shape index (κ2) is 5.04. The molecule has 1 aromatic rings. The summed E-state index contributed by atoms with van der Waals surface area (Å²) in [5.74, 6) is 0.954. The third-order valence-electron chi connectivity index (χ3n) is 3.66. The van der Waals surface area contributed by atoms with Crippen LogP contribution in [0, 0.1) is 6.92 Å². The summed E-state index contributed by atoms with van der Waals surface area (Å²) in [4.78, 5) is 0. The maximum atomic E-state index is 6.15. The number of rotatable bonds is 3. The SMILES string of the molecule is Cc1nn(C(C)C)c(NC2CCOC(C)(C)C2)c1N. The van der Waals surface area contributed by atoms with E-state index in [4.69, 9.17) is 10.5 Å². The van der Waals surface area contributed by atoms with Gasteiger partial charge in [-0.05, 0) is 47.5 Å². The van der Waals surface area contributed by atoms with E-state index in [9.17, 15) is 0 Å². The zero-order chi connectivity index (χ0) is 14.2. The van der Waals surface area contributed by atoms with Crippen molar-refractivity contribution < 1.29 is 4.74 Å². The fourth-order valence-electron chi connectivity index (χ4n) is 2.63. The minimum absolute atomic E-state index is 0.0671. The van der Waals surface area contributed by atoms with E-state index < -0.39 is 0 Å². The molecule has 0 amide bonds. The average Bonchev–Trinajstić information content (AvgIpc) is 2.56. The minimum atomic E-state index is -0.0671. The van der Waals surface area contributed by atoms with Gasteiger partial charge in [-0.3, -0.25) is 0 Å². The van der Waals surface area contributed by atoms with Gasteiger partial charge in [0.15, 0.2) is 0 Å². The largest absolute Gasteiger partial charge is 0.394 e. The van der Waals surface area contributed by atoms with E-state index >= 15 is 0 Å². The summed E-state index contributed by atoms with van der Waals surface area (Å²) < 4.78 is 7.73. The van der Waals surface area contributed by atoms with Crippen LogP contribution in [-0.2, 0) is 4.74 Å². The van der Waals surface area contributed by atoms with Gasteiger partial charge in [-0.2, -0.15) is 5.10 Å². The number of aromatic nitrogens is 2. The Hall–Kier alpha value is -1.23. The Morgan fingerprint density at radius 3 is 2.74 bits per heavy atom. The van der Waals surface area contributed by atoms with Crippen LogP contribution < -0.4 is 11.1 Å². The summed E-state index contributed by atoms with van der Waals surface area (Å²) in [5.41, 5.74) is 7.74. The highest BCUT2D eigenvalue weighted by molar-refractivity contribution is 5.65. The first-order chi connectivity index (χ1) is 8.80. The molecule has 0 aliphatic carbocycles. The molecule has 0 bridgehead atoms.